The van der Waals surface area contributed by atoms with E-state index >= 15 is 0 Å². The minimum atomic E-state index is 0.0850. The molecule has 2 amide bonds. The summed E-state index contributed by atoms with van der Waals surface area (Å²) in [5.74, 6) is 0.609. The molecule has 2 atom stereocenters. The molecule has 5 heteroatoms. The van der Waals surface area contributed by atoms with Crippen LogP contribution in [0.4, 0.5) is 4.79 Å². The van der Waals surface area contributed by atoms with Crippen molar-refractivity contribution in [1.82, 2.24) is 15.2 Å². The lowest BCUT2D eigenvalue weighted by atomic mass is 9.90. The molecule has 5 rings (SSSR count). The fourth-order valence-electron chi connectivity index (χ4n) is 5.19. The van der Waals surface area contributed by atoms with E-state index in [0.717, 1.165) is 69.3 Å². The van der Waals surface area contributed by atoms with Crippen LogP contribution in [0, 0.1) is 5.92 Å². The van der Waals surface area contributed by atoms with E-state index in [2.05, 4.69) is 41.4 Å². The van der Waals surface area contributed by atoms with Crippen molar-refractivity contribution < 1.29 is 9.59 Å². The van der Waals surface area contributed by atoms with Gasteiger partial charge in [0.2, 0.25) is 0 Å². The van der Waals surface area contributed by atoms with Crippen molar-refractivity contribution in [1.29, 1.82) is 0 Å². The third-order valence-electron chi connectivity index (χ3n) is 6.96. The zero-order valence-corrected chi connectivity index (χ0v) is 17.8. The summed E-state index contributed by atoms with van der Waals surface area (Å²) >= 11 is 0. The summed E-state index contributed by atoms with van der Waals surface area (Å²) in [5.41, 5.74) is 5.78. The Bertz CT molecular complexity index is 929. The first-order valence-corrected chi connectivity index (χ1v) is 11.6. The summed E-state index contributed by atoms with van der Waals surface area (Å²) in [6.07, 6.45) is 15.1. The Balaban J connectivity index is 1.40. The van der Waals surface area contributed by atoms with E-state index in [1.807, 2.05) is 0 Å². The van der Waals surface area contributed by atoms with Crippen molar-refractivity contribution in [3.05, 3.63) is 40.7 Å². The first-order chi connectivity index (χ1) is 14.6. The van der Waals surface area contributed by atoms with Crippen LogP contribution < -0.4 is 5.32 Å². The predicted molar refractivity (Wildman–Crippen MR) is 118 cm³/mol. The maximum absolute atomic E-state index is 12.7. The molecule has 0 radical (unpaired) electrons. The molecule has 5 nitrogen and oxygen atoms in total. The number of nitrogens with zero attached hydrogens (tertiary/aromatic N) is 2. The highest BCUT2D eigenvalue weighted by atomic mass is 16.2. The molecule has 2 bridgehead atoms. The van der Waals surface area contributed by atoms with Crippen LogP contribution in [0.15, 0.2) is 18.2 Å². The van der Waals surface area contributed by atoms with Gasteiger partial charge >= 0.3 is 6.03 Å². The third kappa shape index (κ3) is 3.70. The van der Waals surface area contributed by atoms with Gasteiger partial charge in [0.1, 0.15) is 5.78 Å². The minimum absolute atomic E-state index is 0.0850. The Labute approximate surface area is 178 Å². The van der Waals surface area contributed by atoms with Crippen molar-refractivity contribution in [3.63, 3.8) is 0 Å². The number of pyridine rings is 1. The fourth-order valence-corrected chi connectivity index (χ4v) is 5.19. The normalized spacial score (nSPS) is 24.0. The second-order valence-electron chi connectivity index (χ2n) is 9.23. The van der Waals surface area contributed by atoms with Crippen molar-refractivity contribution in [2.75, 3.05) is 6.54 Å². The quantitative estimate of drug-likeness (QED) is 0.688. The highest BCUT2D eigenvalue weighted by Crippen LogP contribution is 2.41. The van der Waals surface area contributed by atoms with Crippen LogP contribution in [0.1, 0.15) is 74.4 Å². The monoisotopic (exact) mass is 405 g/mol. The number of ketones is 1. The van der Waals surface area contributed by atoms with Crippen LogP contribution in [0.5, 0.6) is 0 Å². The lowest BCUT2D eigenvalue weighted by molar-refractivity contribution is -0.119. The maximum atomic E-state index is 12.7. The summed E-state index contributed by atoms with van der Waals surface area (Å²) in [6, 6.07) is 2.67. The van der Waals surface area contributed by atoms with Crippen LogP contribution >= 0.6 is 0 Å². The number of Topliss-reactive ketones (excluding diaryl/α,β-unsaturated/α-hetero) is 1. The number of hydrogen-bond acceptors (Lipinski definition) is 3. The summed E-state index contributed by atoms with van der Waals surface area (Å²) in [5, 5.41) is 3.10. The molecule has 1 saturated heterocycles. The van der Waals surface area contributed by atoms with Gasteiger partial charge in [-0.05, 0) is 55.7 Å². The fraction of sp³-hybridized carbons (Fsp3) is 0.560. The van der Waals surface area contributed by atoms with E-state index in [1.54, 1.807) is 0 Å². The van der Waals surface area contributed by atoms with Crippen LogP contribution in [-0.2, 0) is 17.6 Å². The van der Waals surface area contributed by atoms with Gasteiger partial charge in [0.05, 0.1) is 11.7 Å². The number of urea groups is 1. The van der Waals surface area contributed by atoms with E-state index in [0.29, 0.717) is 12.2 Å². The second-order valence-corrected chi connectivity index (χ2v) is 9.23. The topological polar surface area (TPSA) is 62.3 Å². The van der Waals surface area contributed by atoms with Crippen molar-refractivity contribution in [2.24, 2.45) is 5.92 Å². The molecule has 2 fully saturated rings. The third-order valence-corrected chi connectivity index (χ3v) is 6.96. The summed E-state index contributed by atoms with van der Waals surface area (Å²) in [4.78, 5) is 32.0. The highest BCUT2D eigenvalue weighted by molar-refractivity contribution is 5.86. The van der Waals surface area contributed by atoms with E-state index in [-0.39, 0.29) is 24.0 Å². The largest absolute Gasteiger partial charge is 0.338 e. The SMILES string of the molecule is CCCCNC(=O)N1C2C=C(c3cc(CC(=O)C4CC4)nc4c3C=CC4)CC1CC2. The molecule has 0 spiro atoms. The average molecular weight is 406 g/mol. The zero-order valence-electron chi connectivity index (χ0n) is 17.8. The maximum Gasteiger partial charge on any atom is 0.318 e. The van der Waals surface area contributed by atoms with Crippen LogP contribution in [0.3, 0.4) is 0 Å². The number of unbranched alkanes of at least 4 members (excludes halogenated alkanes) is 1. The van der Waals surface area contributed by atoms with Crippen molar-refractivity contribution in [3.8, 4) is 0 Å². The first kappa shape index (κ1) is 19.5. The predicted octanol–water partition coefficient (Wildman–Crippen LogP) is 4.30. The lowest BCUT2D eigenvalue weighted by Crippen LogP contribution is -2.48. The van der Waals surface area contributed by atoms with Crippen molar-refractivity contribution >= 4 is 23.5 Å². The van der Waals surface area contributed by atoms with Gasteiger partial charge in [-0.2, -0.15) is 0 Å². The molecule has 1 aromatic rings. The van der Waals surface area contributed by atoms with Gasteiger partial charge in [-0.25, -0.2) is 4.79 Å². The average Bonchev–Trinajstić information content (AvgIpc) is 3.43. The van der Waals surface area contributed by atoms with Crippen LogP contribution in [0.2, 0.25) is 0 Å². The molecule has 2 aliphatic carbocycles. The molecule has 1 N–H and O–H groups in total. The summed E-state index contributed by atoms with van der Waals surface area (Å²) < 4.78 is 0. The molecule has 0 aromatic carbocycles. The van der Waals surface area contributed by atoms with Gasteiger partial charge < -0.3 is 10.2 Å². The zero-order chi connectivity index (χ0) is 20.7. The molecule has 158 valence electrons. The summed E-state index contributed by atoms with van der Waals surface area (Å²) in [7, 11) is 0. The lowest BCUT2D eigenvalue weighted by Gasteiger charge is -2.34. The molecule has 4 aliphatic rings. The van der Waals surface area contributed by atoms with Gasteiger partial charge in [0.25, 0.3) is 0 Å². The number of carbonyl (C=O) groups excluding carboxylic acids is 2. The van der Waals surface area contributed by atoms with E-state index in [9.17, 15) is 9.59 Å². The molecule has 2 aliphatic heterocycles. The minimum Gasteiger partial charge on any atom is -0.338 e. The highest BCUT2D eigenvalue weighted by Gasteiger charge is 2.40. The second kappa shape index (κ2) is 8.01. The Morgan fingerprint density at radius 2 is 2.10 bits per heavy atom. The number of nitrogens with one attached hydrogen (secondary N) is 1. The molecule has 2 unspecified atom stereocenters. The number of rotatable bonds is 7. The molecular formula is C25H31N3O2. The smallest absolute Gasteiger partial charge is 0.318 e. The number of carbonyl (C=O) groups is 2. The molecule has 1 saturated carbocycles. The molecule has 1 aromatic heterocycles. The first-order valence-electron chi connectivity index (χ1n) is 11.6. The van der Waals surface area contributed by atoms with Gasteiger partial charge in [-0.3, -0.25) is 9.78 Å². The number of amides is 2. The van der Waals surface area contributed by atoms with Gasteiger partial charge in [0.15, 0.2) is 0 Å². The number of allylic oxidation sites excluding steroid dienone is 1. The van der Waals surface area contributed by atoms with Crippen LogP contribution in [0.25, 0.3) is 11.6 Å². The standard InChI is InChI=1S/C25H31N3O2/c1-2-3-11-26-25(30)28-19-9-10-20(28)13-17(12-19)22-14-18(15-24(29)16-7-8-16)27-23-6-4-5-21(22)23/h4-5,12,14,16,19-20H,2-3,6-11,13,15H2,1H3,(H,26,30). The van der Waals surface area contributed by atoms with Crippen LogP contribution in [-0.4, -0.2) is 40.3 Å². The van der Waals surface area contributed by atoms with E-state index in [4.69, 9.17) is 4.98 Å². The number of aromatic nitrogens is 1. The number of hydrogen-bond donors (Lipinski definition) is 1. The molecular weight excluding hydrogens is 374 g/mol. The molecule has 3 heterocycles. The van der Waals surface area contributed by atoms with E-state index in [1.165, 1.54) is 16.7 Å². The number of fused-ring (bicyclic) bond motifs is 3. The summed E-state index contributed by atoms with van der Waals surface area (Å²) in [6.45, 7) is 2.89. The van der Waals surface area contributed by atoms with Gasteiger partial charge in [0, 0.05) is 42.6 Å². The Morgan fingerprint density at radius 3 is 2.87 bits per heavy atom. The van der Waals surface area contributed by atoms with Crippen molar-refractivity contribution in [2.45, 2.75) is 76.8 Å². The Kier molecular flexibility index (Phi) is 5.21. The Morgan fingerprint density at radius 1 is 1.23 bits per heavy atom. The van der Waals surface area contributed by atoms with Gasteiger partial charge in [-0.1, -0.05) is 31.6 Å². The van der Waals surface area contributed by atoms with E-state index < -0.39 is 0 Å². The molecule has 30 heavy (non-hydrogen) atoms. The van der Waals surface area contributed by atoms with Gasteiger partial charge in [-0.15, -0.1) is 0 Å². The Hall–Kier alpha value is -2.43.